The second-order valence-electron chi connectivity index (χ2n) is 4.72. The number of carbonyl (C=O) groups is 2. The number of hydrogen-bond donors (Lipinski definition) is 1. The summed E-state index contributed by atoms with van der Waals surface area (Å²) in [5.74, 6) is -1.98. The van der Waals surface area contributed by atoms with Crippen LogP contribution in [0.25, 0.3) is 0 Å². The first kappa shape index (κ1) is 13.6. The molecular formula is C15H11ClN2O3. The Morgan fingerprint density at radius 2 is 2.05 bits per heavy atom. The Morgan fingerprint density at radius 3 is 2.76 bits per heavy atom. The minimum absolute atomic E-state index is 0.103. The number of para-hydroxylation sites is 1. The second-order valence-corrected chi connectivity index (χ2v) is 5.13. The number of rotatable bonds is 2. The zero-order valence-corrected chi connectivity index (χ0v) is 11.6. The molecule has 1 aromatic heterocycles. The number of carboxylic acids is 1. The lowest BCUT2D eigenvalue weighted by Crippen LogP contribution is -2.31. The molecule has 1 aliphatic heterocycles. The Labute approximate surface area is 125 Å². The summed E-state index contributed by atoms with van der Waals surface area (Å²) in [6.45, 7) is 0.103. The van der Waals surface area contributed by atoms with Gasteiger partial charge in [0.25, 0.3) is 5.91 Å². The average Bonchev–Trinajstić information content (AvgIpc) is 2.87. The van der Waals surface area contributed by atoms with Crippen LogP contribution in [0.4, 0.5) is 5.69 Å². The number of aliphatic carboxylic acids is 1. The van der Waals surface area contributed by atoms with Crippen molar-refractivity contribution in [1.29, 1.82) is 0 Å². The third kappa shape index (κ3) is 2.25. The molecule has 1 atom stereocenters. The fraction of sp³-hybridized carbons (Fsp3) is 0.133. The van der Waals surface area contributed by atoms with Crippen LogP contribution in [0.1, 0.15) is 21.8 Å². The Kier molecular flexibility index (Phi) is 3.35. The number of pyridine rings is 1. The molecule has 0 saturated carbocycles. The van der Waals surface area contributed by atoms with Crippen molar-refractivity contribution in [1.82, 2.24) is 4.98 Å². The maximum atomic E-state index is 12.6. The van der Waals surface area contributed by atoms with Gasteiger partial charge in [-0.25, -0.2) is 0 Å². The molecule has 0 spiro atoms. The van der Waals surface area contributed by atoms with Gasteiger partial charge in [-0.2, -0.15) is 0 Å². The topological polar surface area (TPSA) is 70.5 Å². The molecule has 1 amide bonds. The van der Waals surface area contributed by atoms with Gasteiger partial charge >= 0.3 is 5.97 Å². The zero-order chi connectivity index (χ0) is 15.0. The number of aromatic nitrogens is 1. The molecule has 0 aliphatic carbocycles. The van der Waals surface area contributed by atoms with Crippen LogP contribution in [-0.4, -0.2) is 28.5 Å². The van der Waals surface area contributed by atoms with Gasteiger partial charge in [0.05, 0.1) is 10.6 Å². The molecule has 6 heteroatoms. The van der Waals surface area contributed by atoms with E-state index in [-0.39, 0.29) is 17.5 Å². The molecular weight excluding hydrogens is 292 g/mol. The van der Waals surface area contributed by atoms with Gasteiger partial charge in [0.2, 0.25) is 0 Å². The summed E-state index contributed by atoms with van der Waals surface area (Å²) in [4.78, 5) is 29.3. The number of benzene rings is 1. The van der Waals surface area contributed by atoms with Gasteiger partial charge in [-0.05, 0) is 17.7 Å². The minimum Gasteiger partial charge on any atom is -0.481 e. The van der Waals surface area contributed by atoms with Crippen molar-refractivity contribution < 1.29 is 14.7 Å². The summed E-state index contributed by atoms with van der Waals surface area (Å²) < 4.78 is 0. The number of amides is 1. The smallest absolute Gasteiger partial charge is 0.312 e. The van der Waals surface area contributed by atoms with Crippen LogP contribution in [0.2, 0.25) is 5.02 Å². The normalized spacial score (nSPS) is 16.6. The third-order valence-electron chi connectivity index (χ3n) is 3.51. The molecule has 1 aromatic carbocycles. The van der Waals surface area contributed by atoms with Crippen LogP contribution in [-0.2, 0) is 4.79 Å². The highest BCUT2D eigenvalue weighted by atomic mass is 35.5. The SMILES string of the molecule is O=C(O)[C@@H]1CN(C(=O)c2ccncc2Cl)c2ccccc21. The Hall–Kier alpha value is -2.40. The molecule has 21 heavy (non-hydrogen) atoms. The number of anilines is 1. The first-order valence-corrected chi connectivity index (χ1v) is 6.70. The fourth-order valence-electron chi connectivity index (χ4n) is 2.50. The van der Waals surface area contributed by atoms with E-state index in [1.807, 2.05) is 0 Å². The van der Waals surface area contributed by atoms with Crippen LogP contribution < -0.4 is 4.90 Å². The van der Waals surface area contributed by atoms with Gasteiger partial charge in [0.1, 0.15) is 5.92 Å². The standard InChI is InChI=1S/C15H11ClN2O3/c16-12-7-17-6-5-10(12)14(19)18-8-11(15(20)21)9-3-1-2-4-13(9)18/h1-7,11H,8H2,(H,20,21)/t11-/m1/s1. The van der Waals surface area contributed by atoms with Gasteiger partial charge in [-0.3, -0.25) is 14.6 Å². The molecule has 1 N–H and O–H groups in total. The van der Waals surface area contributed by atoms with E-state index in [0.29, 0.717) is 16.8 Å². The third-order valence-corrected chi connectivity index (χ3v) is 3.82. The molecule has 0 unspecified atom stereocenters. The molecule has 0 saturated heterocycles. The van der Waals surface area contributed by atoms with Crippen molar-refractivity contribution in [3.63, 3.8) is 0 Å². The predicted octanol–water partition coefficient (Wildman–Crippen LogP) is 2.56. The average molecular weight is 303 g/mol. The lowest BCUT2D eigenvalue weighted by atomic mass is 10.0. The fourth-order valence-corrected chi connectivity index (χ4v) is 2.70. The van der Waals surface area contributed by atoms with Crippen molar-refractivity contribution in [2.45, 2.75) is 5.92 Å². The van der Waals surface area contributed by atoms with E-state index >= 15 is 0 Å². The van der Waals surface area contributed by atoms with E-state index in [2.05, 4.69) is 4.98 Å². The highest BCUT2D eigenvalue weighted by Gasteiger charge is 2.37. The number of carboxylic acid groups (broad SMARTS) is 1. The van der Waals surface area contributed by atoms with Gasteiger partial charge in [-0.15, -0.1) is 0 Å². The maximum absolute atomic E-state index is 12.6. The Balaban J connectivity index is 2.03. The highest BCUT2D eigenvalue weighted by Crippen LogP contribution is 2.37. The number of nitrogens with zero attached hydrogens (tertiary/aromatic N) is 2. The molecule has 106 valence electrons. The van der Waals surface area contributed by atoms with Gasteiger partial charge in [0.15, 0.2) is 0 Å². The zero-order valence-electron chi connectivity index (χ0n) is 10.9. The lowest BCUT2D eigenvalue weighted by molar-refractivity contribution is -0.138. The summed E-state index contributed by atoms with van der Waals surface area (Å²) in [5.41, 5.74) is 1.57. The van der Waals surface area contributed by atoms with Crippen LogP contribution in [0, 0.1) is 0 Å². The number of halogens is 1. The van der Waals surface area contributed by atoms with Crippen molar-refractivity contribution in [2.24, 2.45) is 0 Å². The van der Waals surface area contributed by atoms with Gasteiger partial charge in [0, 0.05) is 24.6 Å². The first-order valence-electron chi connectivity index (χ1n) is 6.32. The van der Waals surface area contributed by atoms with Crippen LogP contribution in [0.15, 0.2) is 42.7 Å². The molecule has 3 rings (SSSR count). The van der Waals surface area contributed by atoms with Gasteiger partial charge < -0.3 is 10.0 Å². The molecule has 5 nitrogen and oxygen atoms in total. The highest BCUT2D eigenvalue weighted by molar-refractivity contribution is 6.34. The second kappa shape index (κ2) is 5.18. The summed E-state index contributed by atoms with van der Waals surface area (Å²) in [6.07, 6.45) is 2.88. The quantitative estimate of drug-likeness (QED) is 0.925. The lowest BCUT2D eigenvalue weighted by Gasteiger charge is -2.18. The van der Waals surface area contributed by atoms with Crippen molar-refractivity contribution in [3.8, 4) is 0 Å². The van der Waals surface area contributed by atoms with Crippen molar-refractivity contribution >= 4 is 29.2 Å². The van der Waals surface area contributed by atoms with E-state index < -0.39 is 11.9 Å². The van der Waals surface area contributed by atoms with E-state index in [9.17, 15) is 14.7 Å². The summed E-state index contributed by atoms with van der Waals surface area (Å²) >= 11 is 6.00. The van der Waals surface area contributed by atoms with E-state index in [1.54, 1.807) is 24.3 Å². The van der Waals surface area contributed by atoms with E-state index in [1.165, 1.54) is 23.4 Å². The summed E-state index contributed by atoms with van der Waals surface area (Å²) in [5, 5.41) is 9.56. The predicted molar refractivity (Wildman–Crippen MR) is 77.7 cm³/mol. The Bertz CT molecular complexity index is 732. The van der Waals surface area contributed by atoms with Crippen LogP contribution in [0.5, 0.6) is 0 Å². The van der Waals surface area contributed by atoms with Crippen molar-refractivity contribution in [2.75, 3.05) is 11.4 Å². The summed E-state index contributed by atoms with van der Waals surface area (Å²) in [7, 11) is 0. The van der Waals surface area contributed by atoms with Crippen LogP contribution in [0.3, 0.4) is 0 Å². The number of fused-ring (bicyclic) bond motifs is 1. The first-order chi connectivity index (χ1) is 10.1. The van der Waals surface area contributed by atoms with Crippen molar-refractivity contribution in [3.05, 3.63) is 58.9 Å². The number of hydrogen-bond acceptors (Lipinski definition) is 3. The molecule has 2 heterocycles. The molecule has 2 aromatic rings. The summed E-state index contributed by atoms with van der Waals surface area (Å²) in [6, 6.07) is 8.54. The Morgan fingerprint density at radius 1 is 1.29 bits per heavy atom. The van der Waals surface area contributed by atoms with Crippen LogP contribution >= 0.6 is 11.6 Å². The molecule has 0 bridgehead atoms. The number of carbonyl (C=O) groups excluding carboxylic acids is 1. The maximum Gasteiger partial charge on any atom is 0.312 e. The van der Waals surface area contributed by atoms with E-state index in [0.717, 1.165) is 0 Å². The van der Waals surface area contributed by atoms with E-state index in [4.69, 9.17) is 11.6 Å². The molecule has 0 radical (unpaired) electrons. The largest absolute Gasteiger partial charge is 0.481 e. The van der Waals surface area contributed by atoms with Gasteiger partial charge in [-0.1, -0.05) is 29.8 Å². The molecule has 1 aliphatic rings. The molecule has 0 fully saturated rings. The monoisotopic (exact) mass is 302 g/mol. The minimum atomic E-state index is -0.946.